The third kappa shape index (κ3) is 4.97. The standard InChI is InChI=1S/C26H25NO4S/c1-3-4-5-7-12-19-13-20-14-21(26(29)31-24(20)15-23(19)30-17(2)28)25-27-22(16-32-25)18-10-8-6-9-11-18/h6,8-11,13-16H,3-5,7,12H2,1-2H3. The van der Waals surface area contributed by atoms with Crippen molar-refractivity contribution in [2.45, 2.75) is 46.0 Å². The Labute approximate surface area is 190 Å². The fourth-order valence-corrected chi connectivity index (χ4v) is 4.50. The van der Waals surface area contributed by atoms with E-state index in [-0.39, 0.29) is 0 Å². The van der Waals surface area contributed by atoms with E-state index in [2.05, 4.69) is 11.9 Å². The molecule has 0 aliphatic carbocycles. The Morgan fingerprint density at radius 3 is 2.66 bits per heavy atom. The van der Waals surface area contributed by atoms with Crippen LogP contribution in [0.5, 0.6) is 5.75 Å². The van der Waals surface area contributed by atoms with Crippen LogP contribution in [-0.4, -0.2) is 11.0 Å². The summed E-state index contributed by atoms with van der Waals surface area (Å²) in [5.74, 6) is 0.0624. The van der Waals surface area contributed by atoms with Crippen molar-refractivity contribution in [3.05, 3.63) is 69.9 Å². The number of nitrogens with zero attached hydrogens (tertiary/aromatic N) is 1. The smallest absolute Gasteiger partial charge is 0.346 e. The normalized spacial score (nSPS) is 11.1. The maximum absolute atomic E-state index is 12.7. The number of benzene rings is 2. The van der Waals surface area contributed by atoms with E-state index in [9.17, 15) is 9.59 Å². The molecule has 2 heterocycles. The largest absolute Gasteiger partial charge is 0.426 e. The van der Waals surface area contributed by atoms with Gasteiger partial charge in [-0.25, -0.2) is 9.78 Å². The minimum Gasteiger partial charge on any atom is -0.426 e. The molecular weight excluding hydrogens is 422 g/mol. The molecule has 5 nitrogen and oxygen atoms in total. The molecule has 0 aliphatic heterocycles. The zero-order valence-corrected chi connectivity index (χ0v) is 19.0. The molecule has 0 N–H and O–H groups in total. The summed E-state index contributed by atoms with van der Waals surface area (Å²) in [4.78, 5) is 29.0. The summed E-state index contributed by atoms with van der Waals surface area (Å²) in [5.41, 5.74) is 3.13. The van der Waals surface area contributed by atoms with Crippen LogP contribution in [0.3, 0.4) is 0 Å². The van der Waals surface area contributed by atoms with E-state index in [0.717, 1.165) is 47.9 Å². The molecule has 0 bridgehead atoms. The van der Waals surface area contributed by atoms with Crippen LogP contribution in [0.15, 0.2) is 63.1 Å². The minimum absolute atomic E-state index is 0.394. The van der Waals surface area contributed by atoms with Crippen LogP contribution >= 0.6 is 11.3 Å². The second-order valence-electron chi connectivity index (χ2n) is 7.75. The SMILES string of the molecule is CCCCCCc1cc2cc(-c3nc(-c4ccccc4)cs3)c(=O)oc2cc1OC(C)=O. The fraction of sp³-hybridized carbons (Fsp3) is 0.269. The summed E-state index contributed by atoms with van der Waals surface area (Å²) in [5, 5.41) is 3.35. The molecule has 0 atom stereocenters. The van der Waals surface area contributed by atoms with E-state index in [1.807, 2.05) is 47.8 Å². The first-order valence-corrected chi connectivity index (χ1v) is 11.7. The number of ether oxygens (including phenoxy) is 1. The van der Waals surface area contributed by atoms with Crippen LogP contribution in [0, 0.1) is 0 Å². The van der Waals surface area contributed by atoms with Gasteiger partial charge >= 0.3 is 11.6 Å². The van der Waals surface area contributed by atoms with Crippen LogP contribution in [0.4, 0.5) is 0 Å². The van der Waals surface area contributed by atoms with Crippen LogP contribution in [-0.2, 0) is 11.2 Å². The second-order valence-corrected chi connectivity index (χ2v) is 8.61. The van der Waals surface area contributed by atoms with Crippen LogP contribution in [0.25, 0.3) is 32.8 Å². The number of carbonyl (C=O) groups is 1. The van der Waals surface area contributed by atoms with Gasteiger partial charge < -0.3 is 9.15 Å². The van der Waals surface area contributed by atoms with Gasteiger partial charge in [0.1, 0.15) is 16.3 Å². The molecule has 6 heteroatoms. The molecule has 0 amide bonds. The van der Waals surface area contributed by atoms with Crippen molar-refractivity contribution in [2.75, 3.05) is 0 Å². The number of hydrogen-bond donors (Lipinski definition) is 0. The lowest BCUT2D eigenvalue weighted by atomic mass is 10.0. The number of rotatable bonds is 8. The summed E-state index contributed by atoms with van der Waals surface area (Å²) < 4.78 is 11.0. The summed E-state index contributed by atoms with van der Waals surface area (Å²) >= 11 is 1.41. The number of fused-ring (bicyclic) bond motifs is 1. The van der Waals surface area contributed by atoms with E-state index in [1.165, 1.54) is 24.7 Å². The Bertz CT molecular complexity index is 1290. The Kier molecular flexibility index (Phi) is 6.81. The molecule has 0 fully saturated rings. The van der Waals surface area contributed by atoms with Crippen molar-refractivity contribution in [3.63, 3.8) is 0 Å². The Balaban J connectivity index is 1.72. The number of unbranched alkanes of at least 4 members (excludes halogenated alkanes) is 3. The zero-order valence-electron chi connectivity index (χ0n) is 18.2. The van der Waals surface area contributed by atoms with Gasteiger partial charge in [-0.2, -0.15) is 0 Å². The third-order valence-corrected chi connectivity index (χ3v) is 6.15. The summed E-state index contributed by atoms with van der Waals surface area (Å²) in [6.07, 6.45) is 5.24. The van der Waals surface area contributed by atoms with Gasteiger partial charge in [-0.3, -0.25) is 4.79 Å². The number of thiazole rings is 1. The lowest BCUT2D eigenvalue weighted by Gasteiger charge is -2.11. The highest BCUT2D eigenvalue weighted by atomic mass is 32.1. The quantitative estimate of drug-likeness (QED) is 0.131. The van der Waals surface area contributed by atoms with Crippen molar-refractivity contribution >= 4 is 28.3 Å². The first kappa shape index (κ1) is 22.0. The number of hydrogen-bond acceptors (Lipinski definition) is 6. The van der Waals surface area contributed by atoms with E-state index in [4.69, 9.17) is 9.15 Å². The first-order valence-electron chi connectivity index (χ1n) is 10.9. The van der Waals surface area contributed by atoms with E-state index < -0.39 is 11.6 Å². The molecule has 2 aromatic heterocycles. The van der Waals surface area contributed by atoms with E-state index >= 15 is 0 Å². The second kappa shape index (κ2) is 9.92. The Morgan fingerprint density at radius 1 is 1.09 bits per heavy atom. The van der Waals surface area contributed by atoms with Gasteiger partial charge in [0.05, 0.1) is 11.3 Å². The number of aryl methyl sites for hydroxylation is 1. The topological polar surface area (TPSA) is 69.4 Å². The van der Waals surface area contributed by atoms with Gasteiger partial charge in [-0.15, -0.1) is 11.3 Å². The minimum atomic E-state index is -0.462. The molecule has 4 aromatic rings. The average molecular weight is 448 g/mol. The molecule has 0 aliphatic rings. The van der Waals surface area contributed by atoms with Gasteiger partial charge in [-0.05, 0) is 30.5 Å². The maximum atomic E-state index is 12.7. The molecule has 0 saturated heterocycles. The highest BCUT2D eigenvalue weighted by molar-refractivity contribution is 7.13. The lowest BCUT2D eigenvalue weighted by molar-refractivity contribution is -0.131. The molecular formula is C26H25NO4S. The lowest BCUT2D eigenvalue weighted by Crippen LogP contribution is -2.06. The fourth-order valence-electron chi connectivity index (χ4n) is 3.67. The first-order chi connectivity index (χ1) is 15.5. The van der Waals surface area contributed by atoms with Crippen LogP contribution < -0.4 is 10.4 Å². The molecule has 2 aromatic carbocycles. The molecule has 4 rings (SSSR count). The molecule has 32 heavy (non-hydrogen) atoms. The number of carbonyl (C=O) groups excluding carboxylic acids is 1. The molecule has 164 valence electrons. The van der Waals surface area contributed by atoms with Crippen molar-refractivity contribution in [1.29, 1.82) is 0 Å². The van der Waals surface area contributed by atoms with Gasteiger partial charge in [0.25, 0.3) is 0 Å². The maximum Gasteiger partial charge on any atom is 0.346 e. The monoisotopic (exact) mass is 447 g/mol. The van der Waals surface area contributed by atoms with Crippen molar-refractivity contribution < 1.29 is 13.9 Å². The third-order valence-electron chi connectivity index (χ3n) is 5.27. The zero-order chi connectivity index (χ0) is 22.5. The molecule has 0 unspecified atom stereocenters. The van der Waals surface area contributed by atoms with Crippen molar-refractivity contribution in [2.24, 2.45) is 0 Å². The van der Waals surface area contributed by atoms with Gasteiger partial charge in [-0.1, -0.05) is 56.5 Å². The highest BCUT2D eigenvalue weighted by Crippen LogP contribution is 2.32. The predicted octanol–water partition coefficient (Wildman–Crippen LogP) is 6.63. The van der Waals surface area contributed by atoms with Crippen molar-refractivity contribution in [1.82, 2.24) is 4.98 Å². The van der Waals surface area contributed by atoms with E-state index in [0.29, 0.717) is 21.9 Å². The molecule has 0 saturated carbocycles. The van der Waals surface area contributed by atoms with Crippen LogP contribution in [0.1, 0.15) is 45.1 Å². The summed E-state index contributed by atoms with van der Waals surface area (Å²) in [7, 11) is 0. The van der Waals surface area contributed by atoms with Gasteiger partial charge in [0.15, 0.2) is 0 Å². The van der Waals surface area contributed by atoms with Gasteiger partial charge in [0.2, 0.25) is 0 Å². The number of esters is 1. The molecule has 0 radical (unpaired) electrons. The number of aromatic nitrogens is 1. The summed E-state index contributed by atoms with van der Waals surface area (Å²) in [6, 6.07) is 15.3. The van der Waals surface area contributed by atoms with E-state index in [1.54, 1.807) is 6.07 Å². The Hall–Kier alpha value is -3.25. The Morgan fingerprint density at radius 2 is 1.91 bits per heavy atom. The van der Waals surface area contributed by atoms with Crippen molar-refractivity contribution in [3.8, 4) is 27.6 Å². The summed E-state index contributed by atoms with van der Waals surface area (Å²) in [6.45, 7) is 3.54. The highest BCUT2D eigenvalue weighted by Gasteiger charge is 2.16. The van der Waals surface area contributed by atoms with Crippen LogP contribution in [0.2, 0.25) is 0 Å². The average Bonchev–Trinajstić information content (AvgIpc) is 3.27. The molecule has 0 spiro atoms. The predicted molar refractivity (Wildman–Crippen MR) is 128 cm³/mol. The van der Waals surface area contributed by atoms with Gasteiger partial charge in [0, 0.05) is 29.3 Å².